The van der Waals surface area contributed by atoms with Crippen molar-refractivity contribution >= 4 is 5.96 Å². The van der Waals surface area contributed by atoms with Gasteiger partial charge in [0, 0.05) is 18.5 Å². The first-order chi connectivity index (χ1) is 9.22. The van der Waals surface area contributed by atoms with Crippen molar-refractivity contribution in [3.05, 3.63) is 35.6 Å². The summed E-state index contributed by atoms with van der Waals surface area (Å²) in [6.45, 7) is 0.854. The lowest BCUT2D eigenvalue weighted by atomic mass is 9.86. The molecule has 2 saturated carbocycles. The molecular weight excluding hydrogens is 241 g/mol. The third-order valence-electron chi connectivity index (χ3n) is 4.17. The van der Waals surface area contributed by atoms with Crippen molar-refractivity contribution < 1.29 is 4.39 Å². The molecule has 0 unspecified atom stereocenters. The molecule has 0 aliphatic heterocycles. The second-order valence-corrected chi connectivity index (χ2v) is 5.67. The summed E-state index contributed by atoms with van der Waals surface area (Å²) in [5.74, 6) is 1.56. The van der Waals surface area contributed by atoms with Crippen molar-refractivity contribution in [1.82, 2.24) is 5.32 Å². The third kappa shape index (κ3) is 3.06. The molecule has 0 amide bonds. The lowest BCUT2D eigenvalue weighted by molar-refractivity contribution is 0.326. The molecule has 3 N–H and O–H groups in total. The third-order valence-corrected chi connectivity index (χ3v) is 4.17. The highest BCUT2D eigenvalue weighted by molar-refractivity contribution is 5.78. The van der Waals surface area contributed by atoms with Gasteiger partial charge in [-0.2, -0.15) is 0 Å². The van der Waals surface area contributed by atoms with Crippen molar-refractivity contribution in [3.63, 3.8) is 0 Å². The van der Waals surface area contributed by atoms with E-state index in [1.54, 1.807) is 0 Å². The molecule has 102 valence electrons. The maximum Gasteiger partial charge on any atom is 0.188 e. The highest BCUT2D eigenvalue weighted by atomic mass is 19.1. The molecule has 2 aliphatic carbocycles. The molecule has 1 aromatic rings. The topological polar surface area (TPSA) is 50.4 Å². The van der Waals surface area contributed by atoms with E-state index in [0.717, 1.165) is 18.9 Å². The molecule has 0 aromatic heterocycles. The largest absolute Gasteiger partial charge is 0.370 e. The van der Waals surface area contributed by atoms with Crippen LogP contribution in [0, 0.1) is 11.7 Å². The van der Waals surface area contributed by atoms with Crippen LogP contribution in [0.1, 0.15) is 37.2 Å². The normalized spacial score (nSPS) is 26.9. The van der Waals surface area contributed by atoms with Gasteiger partial charge in [-0.25, -0.2) is 4.39 Å². The Bertz CT molecular complexity index is 465. The minimum Gasteiger partial charge on any atom is -0.370 e. The summed E-state index contributed by atoms with van der Waals surface area (Å²) in [5.41, 5.74) is 7.06. The number of guanidine groups is 1. The van der Waals surface area contributed by atoms with Crippen LogP contribution in [0.3, 0.4) is 0 Å². The van der Waals surface area contributed by atoms with Crippen LogP contribution in [0.2, 0.25) is 0 Å². The molecule has 4 heteroatoms. The first-order valence-corrected chi connectivity index (χ1v) is 7.04. The molecule has 0 heterocycles. The Kier molecular flexibility index (Phi) is 3.40. The number of hydrogen-bond acceptors (Lipinski definition) is 1. The van der Waals surface area contributed by atoms with E-state index in [1.165, 1.54) is 37.0 Å². The highest BCUT2D eigenvalue weighted by Crippen LogP contribution is 2.40. The second kappa shape index (κ2) is 5.19. The molecule has 1 aromatic carbocycles. The van der Waals surface area contributed by atoms with Crippen LogP contribution >= 0.6 is 0 Å². The van der Waals surface area contributed by atoms with E-state index >= 15 is 0 Å². The number of benzene rings is 1. The summed E-state index contributed by atoms with van der Waals surface area (Å²) in [6, 6.07) is 7.08. The maximum absolute atomic E-state index is 12.8. The van der Waals surface area contributed by atoms with E-state index in [9.17, 15) is 4.39 Å². The van der Waals surface area contributed by atoms with Gasteiger partial charge in [0.05, 0.1) is 0 Å². The number of halogens is 1. The monoisotopic (exact) mass is 261 g/mol. The minimum atomic E-state index is -0.185. The fourth-order valence-electron chi connectivity index (χ4n) is 2.57. The number of aliphatic imine (C=N–C) groups is 1. The Balaban J connectivity index is 1.48. The zero-order valence-electron chi connectivity index (χ0n) is 11.0. The molecule has 0 saturated heterocycles. The van der Waals surface area contributed by atoms with Crippen molar-refractivity contribution in [2.45, 2.75) is 37.6 Å². The van der Waals surface area contributed by atoms with Crippen LogP contribution in [0.4, 0.5) is 4.39 Å². The van der Waals surface area contributed by atoms with Gasteiger partial charge >= 0.3 is 0 Å². The van der Waals surface area contributed by atoms with Gasteiger partial charge in [-0.15, -0.1) is 0 Å². The fourth-order valence-corrected chi connectivity index (χ4v) is 2.57. The number of nitrogens with two attached hydrogens (primary N) is 1. The van der Waals surface area contributed by atoms with Crippen molar-refractivity contribution in [2.24, 2.45) is 16.6 Å². The predicted molar refractivity (Wildman–Crippen MR) is 74.5 cm³/mol. The smallest absolute Gasteiger partial charge is 0.188 e. The van der Waals surface area contributed by atoms with Crippen molar-refractivity contribution in [1.29, 1.82) is 0 Å². The molecule has 0 bridgehead atoms. The van der Waals surface area contributed by atoms with Crippen LogP contribution in [-0.2, 0) is 0 Å². The average molecular weight is 261 g/mol. The highest BCUT2D eigenvalue weighted by Gasteiger charge is 2.38. The number of nitrogens with zero attached hydrogens (tertiary/aromatic N) is 1. The molecule has 0 spiro atoms. The van der Waals surface area contributed by atoms with E-state index < -0.39 is 0 Å². The standard InChI is InChI=1S/C15H20FN3/c16-12-6-4-11(5-7-12)13-8-14(13)19-15(17)18-9-10-2-1-3-10/h4-7,10,13-14H,1-3,8-9H2,(H3,17,18,19)/t13-,14+/m0/s1. The van der Waals surface area contributed by atoms with Crippen molar-refractivity contribution in [2.75, 3.05) is 6.54 Å². The Morgan fingerprint density at radius 1 is 1.32 bits per heavy atom. The summed E-state index contributed by atoms with van der Waals surface area (Å²) in [7, 11) is 0. The van der Waals surface area contributed by atoms with Gasteiger partial charge in [-0.1, -0.05) is 18.6 Å². The van der Waals surface area contributed by atoms with E-state index in [-0.39, 0.29) is 5.82 Å². The SMILES string of the molecule is NC(=NCC1CCC1)N[C@@H]1C[C@H]1c1ccc(F)cc1. The number of hydrogen-bond donors (Lipinski definition) is 2. The Morgan fingerprint density at radius 3 is 2.68 bits per heavy atom. The van der Waals surface area contributed by atoms with Gasteiger partial charge in [-0.05, 0) is 42.9 Å². The van der Waals surface area contributed by atoms with Gasteiger partial charge in [0.15, 0.2) is 5.96 Å². The number of nitrogens with one attached hydrogen (secondary N) is 1. The molecule has 2 aliphatic rings. The summed E-state index contributed by atoms with van der Waals surface area (Å²) in [6.07, 6.45) is 4.96. The fraction of sp³-hybridized carbons (Fsp3) is 0.533. The van der Waals surface area contributed by atoms with E-state index in [1.807, 2.05) is 12.1 Å². The molecule has 2 atom stereocenters. The molecular formula is C15H20FN3. The lowest BCUT2D eigenvalue weighted by Crippen LogP contribution is -2.35. The first-order valence-electron chi connectivity index (χ1n) is 7.04. The van der Waals surface area contributed by atoms with Crippen molar-refractivity contribution in [3.8, 4) is 0 Å². The van der Waals surface area contributed by atoms with Crippen LogP contribution in [0.25, 0.3) is 0 Å². The zero-order valence-corrected chi connectivity index (χ0v) is 11.0. The second-order valence-electron chi connectivity index (χ2n) is 5.67. The van der Waals surface area contributed by atoms with Crippen LogP contribution in [0.5, 0.6) is 0 Å². The molecule has 3 rings (SSSR count). The minimum absolute atomic E-state index is 0.185. The Hall–Kier alpha value is -1.58. The van der Waals surface area contributed by atoms with Crippen LogP contribution in [-0.4, -0.2) is 18.5 Å². The van der Waals surface area contributed by atoms with Crippen LogP contribution in [0.15, 0.2) is 29.3 Å². The predicted octanol–water partition coefficient (Wildman–Crippen LogP) is 2.39. The maximum atomic E-state index is 12.8. The summed E-state index contributed by atoms with van der Waals surface area (Å²) < 4.78 is 12.8. The van der Waals surface area contributed by atoms with E-state index in [0.29, 0.717) is 17.9 Å². The number of rotatable bonds is 4. The molecule has 19 heavy (non-hydrogen) atoms. The molecule has 2 fully saturated rings. The van der Waals surface area contributed by atoms with E-state index in [4.69, 9.17) is 5.73 Å². The zero-order chi connectivity index (χ0) is 13.2. The summed E-state index contributed by atoms with van der Waals surface area (Å²) in [5, 5.41) is 3.25. The van der Waals surface area contributed by atoms with E-state index in [2.05, 4.69) is 10.3 Å². The van der Waals surface area contributed by atoms with Gasteiger partial charge < -0.3 is 11.1 Å². The Labute approximate surface area is 113 Å². The molecule has 3 nitrogen and oxygen atoms in total. The lowest BCUT2D eigenvalue weighted by Gasteiger charge is -2.23. The Morgan fingerprint density at radius 2 is 2.05 bits per heavy atom. The first kappa shape index (κ1) is 12.5. The van der Waals surface area contributed by atoms with Gasteiger partial charge in [0.1, 0.15) is 5.82 Å². The van der Waals surface area contributed by atoms with Crippen LogP contribution < -0.4 is 11.1 Å². The van der Waals surface area contributed by atoms with Gasteiger partial charge in [0.25, 0.3) is 0 Å². The summed E-state index contributed by atoms with van der Waals surface area (Å²) >= 11 is 0. The quantitative estimate of drug-likeness (QED) is 0.646. The van der Waals surface area contributed by atoms with Gasteiger partial charge in [-0.3, -0.25) is 4.99 Å². The average Bonchev–Trinajstić information content (AvgIpc) is 3.07. The summed E-state index contributed by atoms with van der Waals surface area (Å²) in [4.78, 5) is 4.39. The van der Waals surface area contributed by atoms with Gasteiger partial charge in [0.2, 0.25) is 0 Å². The molecule has 0 radical (unpaired) electrons.